The first-order chi connectivity index (χ1) is 17.8. The second kappa shape index (κ2) is 12.2. The minimum atomic E-state index is -4.23. The van der Waals surface area contributed by atoms with E-state index in [4.69, 9.17) is 23.2 Å². The Kier molecular flexibility index (Phi) is 9.46. The van der Waals surface area contributed by atoms with Crippen molar-refractivity contribution in [3.63, 3.8) is 0 Å². The van der Waals surface area contributed by atoms with Crippen LogP contribution in [0.3, 0.4) is 0 Å². The molecule has 0 unspecified atom stereocenters. The van der Waals surface area contributed by atoms with Crippen LogP contribution in [0, 0.1) is 0 Å². The van der Waals surface area contributed by atoms with Gasteiger partial charge in [-0.05, 0) is 63.6 Å². The monoisotopic (exact) mass is 575 g/mol. The van der Waals surface area contributed by atoms with Gasteiger partial charge in [0, 0.05) is 17.1 Å². The molecule has 3 aromatic carbocycles. The molecule has 0 saturated carbocycles. The van der Waals surface area contributed by atoms with E-state index in [2.05, 4.69) is 5.32 Å². The topological polar surface area (TPSA) is 86.8 Å². The Morgan fingerprint density at radius 1 is 0.921 bits per heavy atom. The van der Waals surface area contributed by atoms with Crippen LogP contribution in [-0.4, -0.2) is 43.3 Å². The molecule has 2 amide bonds. The van der Waals surface area contributed by atoms with Crippen molar-refractivity contribution >= 4 is 50.7 Å². The number of nitrogens with one attached hydrogen (secondary N) is 1. The van der Waals surface area contributed by atoms with Crippen LogP contribution < -0.4 is 9.62 Å². The van der Waals surface area contributed by atoms with E-state index in [0.29, 0.717) is 0 Å². The van der Waals surface area contributed by atoms with Crippen molar-refractivity contribution in [1.82, 2.24) is 10.2 Å². The molecule has 0 saturated heterocycles. The number of hydrogen-bond donors (Lipinski definition) is 1. The quantitative estimate of drug-likeness (QED) is 0.364. The summed E-state index contributed by atoms with van der Waals surface area (Å²) in [6, 6.07) is 20.4. The van der Waals surface area contributed by atoms with E-state index in [1.165, 1.54) is 35.2 Å². The van der Waals surface area contributed by atoms with E-state index in [1.54, 1.807) is 25.1 Å². The van der Waals surface area contributed by atoms with E-state index in [9.17, 15) is 18.0 Å². The van der Waals surface area contributed by atoms with Crippen LogP contribution in [-0.2, 0) is 26.2 Å². The highest BCUT2D eigenvalue weighted by molar-refractivity contribution is 7.92. The number of carbonyl (C=O) groups excluding carboxylic acids is 2. The van der Waals surface area contributed by atoms with Crippen LogP contribution in [0.25, 0.3) is 0 Å². The molecule has 0 aliphatic rings. The fourth-order valence-electron chi connectivity index (χ4n) is 3.75. The molecular formula is C28H31Cl2N3O4S. The lowest BCUT2D eigenvalue weighted by Gasteiger charge is -2.33. The molecule has 3 rings (SSSR count). The Hall–Kier alpha value is -3.07. The Morgan fingerprint density at radius 3 is 2.08 bits per heavy atom. The van der Waals surface area contributed by atoms with Gasteiger partial charge in [0.05, 0.1) is 15.6 Å². The maximum atomic E-state index is 13.9. The van der Waals surface area contributed by atoms with Crippen molar-refractivity contribution in [2.45, 2.75) is 50.7 Å². The molecule has 3 aromatic rings. The summed E-state index contributed by atoms with van der Waals surface area (Å²) < 4.78 is 28.5. The third kappa shape index (κ3) is 7.49. The van der Waals surface area contributed by atoms with Crippen molar-refractivity contribution < 1.29 is 18.0 Å². The third-order valence-corrected chi connectivity index (χ3v) is 7.98. The Balaban J connectivity index is 2.06. The van der Waals surface area contributed by atoms with Gasteiger partial charge in [0.25, 0.3) is 10.0 Å². The zero-order chi connectivity index (χ0) is 28.1. The molecule has 1 atom stereocenters. The Bertz CT molecular complexity index is 1380. The molecular weight excluding hydrogens is 545 g/mol. The van der Waals surface area contributed by atoms with Gasteiger partial charge < -0.3 is 10.2 Å². The number of benzene rings is 3. The summed E-state index contributed by atoms with van der Waals surface area (Å²) in [5.74, 6) is -0.944. The molecule has 0 aromatic heterocycles. The van der Waals surface area contributed by atoms with Crippen LogP contribution >= 0.6 is 23.2 Å². The summed E-state index contributed by atoms with van der Waals surface area (Å²) in [4.78, 5) is 28.3. The molecule has 7 nitrogen and oxygen atoms in total. The molecule has 0 aliphatic carbocycles. The summed E-state index contributed by atoms with van der Waals surface area (Å²) in [7, 11) is -4.23. The zero-order valence-corrected chi connectivity index (χ0v) is 24.0. The van der Waals surface area contributed by atoms with Gasteiger partial charge in [0.1, 0.15) is 12.6 Å². The summed E-state index contributed by atoms with van der Waals surface area (Å²) >= 11 is 12.6. The lowest BCUT2D eigenvalue weighted by atomic mass is 10.1. The van der Waals surface area contributed by atoms with Gasteiger partial charge in [-0.25, -0.2) is 8.42 Å². The number of hydrogen-bond acceptors (Lipinski definition) is 4. The molecule has 10 heteroatoms. The maximum absolute atomic E-state index is 13.9. The number of halogens is 2. The fourth-order valence-corrected chi connectivity index (χ4v) is 5.63. The van der Waals surface area contributed by atoms with Gasteiger partial charge in [-0.2, -0.15) is 0 Å². The minimum Gasteiger partial charge on any atom is -0.350 e. The molecule has 0 radical (unpaired) electrons. The van der Waals surface area contributed by atoms with E-state index in [1.807, 2.05) is 51.1 Å². The summed E-state index contributed by atoms with van der Waals surface area (Å²) in [6.45, 7) is 6.64. The van der Waals surface area contributed by atoms with Crippen molar-refractivity contribution in [1.29, 1.82) is 0 Å². The number of anilines is 1. The highest BCUT2D eigenvalue weighted by Gasteiger charge is 2.34. The zero-order valence-electron chi connectivity index (χ0n) is 21.7. The van der Waals surface area contributed by atoms with Gasteiger partial charge in [-0.3, -0.25) is 13.9 Å². The summed E-state index contributed by atoms with van der Waals surface area (Å²) in [5, 5.41) is 3.25. The molecule has 0 fully saturated rings. The highest BCUT2D eigenvalue weighted by atomic mass is 35.5. The molecule has 0 aliphatic heterocycles. The number of sulfonamides is 1. The Morgan fingerprint density at radius 2 is 1.50 bits per heavy atom. The first kappa shape index (κ1) is 29.5. The molecule has 0 spiro atoms. The van der Waals surface area contributed by atoms with E-state index >= 15 is 0 Å². The second-order valence-corrected chi connectivity index (χ2v) is 12.5. The van der Waals surface area contributed by atoms with Gasteiger partial charge in [0.15, 0.2) is 0 Å². The molecule has 0 bridgehead atoms. The van der Waals surface area contributed by atoms with Crippen molar-refractivity contribution in [2.75, 3.05) is 10.8 Å². The van der Waals surface area contributed by atoms with Crippen LogP contribution in [0.5, 0.6) is 0 Å². The Labute approximate surface area is 234 Å². The molecule has 0 heterocycles. The van der Waals surface area contributed by atoms with E-state index in [0.717, 1.165) is 9.87 Å². The van der Waals surface area contributed by atoms with Crippen molar-refractivity contribution in [3.8, 4) is 0 Å². The second-order valence-electron chi connectivity index (χ2n) is 9.84. The van der Waals surface area contributed by atoms with Gasteiger partial charge >= 0.3 is 0 Å². The first-order valence-electron chi connectivity index (χ1n) is 12.0. The largest absolute Gasteiger partial charge is 0.350 e. The number of carbonyl (C=O) groups is 2. The predicted molar refractivity (Wildman–Crippen MR) is 152 cm³/mol. The van der Waals surface area contributed by atoms with Crippen molar-refractivity contribution in [3.05, 3.63) is 94.5 Å². The van der Waals surface area contributed by atoms with Gasteiger partial charge in [-0.15, -0.1) is 0 Å². The lowest BCUT2D eigenvalue weighted by Crippen LogP contribution is -2.54. The number of nitrogens with zero attached hydrogens (tertiary/aromatic N) is 2. The van der Waals surface area contributed by atoms with Crippen LogP contribution in [0.1, 0.15) is 33.3 Å². The van der Waals surface area contributed by atoms with E-state index < -0.39 is 34.1 Å². The van der Waals surface area contributed by atoms with Crippen LogP contribution in [0.2, 0.25) is 10.0 Å². The standard InChI is InChI=1S/C28H31Cl2N3O4S/c1-20(27(35)31-28(2,3)4)32(18-21-11-7-5-8-12-21)26(34)19-33(25-17-22(29)15-16-24(25)30)38(36,37)23-13-9-6-10-14-23/h5-17,20H,18-19H2,1-4H3,(H,31,35)/t20-/m0/s1. The van der Waals surface area contributed by atoms with Crippen LogP contribution in [0.15, 0.2) is 83.8 Å². The summed E-state index contributed by atoms with van der Waals surface area (Å²) in [5.41, 5.74) is 0.321. The lowest BCUT2D eigenvalue weighted by molar-refractivity contribution is -0.140. The fraction of sp³-hybridized carbons (Fsp3) is 0.286. The normalized spacial score (nSPS) is 12.5. The molecule has 38 heavy (non-hydrogen) atoms. The minimum absolute atomic E-state index is 0.0167. The van der Waals surface area contributed by atoms with Gasteiger partial charge in [0.2, 0.25) is 11.8 Å². The SMILES string of the molecule is C[C@@H](C(=O)NC(C)(C)C)N(Cc1ccccc1)C(=O)CN(c1cc(Cl)ccc1Cl)S(=O)(=O)c1ccccc1. The number of amides is 2. The highest BCUT2D eigenvalue weighted by Crippen LogP contribution is 2.33. The molecule has 202 valence electrons. The smallest absolute Gasteiger partial charge is 0.264 e. The third-order valence-electron chi connectivity index (χ3n) is 5.65. The molecule has 1 N–H and O–H groups in total. The van der Waals surface area contributed by atoms with Gasteiger partial charge in [-0.1, -0.05) is 71.7 Å². The number of rotatable bonds is 9. The van der Waals surface area contributed by atoms with Crippen molar-refractivity contribution in [2.24, 2.45) is 0 Å². The summed E-state index contributed by atoms with van der Waals surface area (Å²) in [6.07, 6.45) is 0. The first-order valence-corrected chi connectivity index (χ1v) is 14.2. The van der Waals surface area contributed by atoms with Crippen LogP contribution in [0.4, 0.5) is 5.69 Å². The predicted octanol–water partition coefficient (Wildman–Crippen LogP) is 5.52. The average Bonchev–Trinajstić information content (AvgIpc) is 2.87. The average molecular weight is 577 g/mol. The van der Waals surface area contributed by atoms with E-state index in [-0.39, 0.29) is 33.1 Å². The maximum Gasteiger partial charge on any atom is 0.264 e.